The Morgan fingerprint density at radius 3 is 2.34 bits per heavy atom. The number of nitrogens with zero attached hydrogens (tertiary/aromatic N) is 5. The molecule has 8 nitrogen and oxygen atoms in total. The van der Waals surface area contributed by atoms with Crippen molar-refractivity contribution in [3.05, 3.63) is 35.9 Å². The Balaban J connectivity index is 2.05. The van der Waals surface area contributed by atoms with Crippen LogP contribution in [-0.2, 0) is 6.54 Å². The van der Waals surface area contributed by atoms with Crippen molar-refractivity contribution in [2.45, 2.75) is 59.7 Å². The summed E-state index contributed by atoms with van der Waals surface area (Å²) in [6, 6.07) is 10.7. The minimum atomic E-state index is -0.117. The highest BCUT2D eigenvalue weighted by molar-refractivity contribution is 5.83. The average molecular weight is 400 g/mol. The number of aromatic nitrogens is 2. The van der Waals surface area contributed by atoms with Gasteiger partial charge in [-0.25, -0.2) is 0 Å². The molecular formula is C21H33N7O. The van der Waals surface area contributed by atoms with Crippen LogP contribution in [0.2, 0.25) is 0 Å². The summed E-state index contributed by atoms with van der Waals surface area (Å²) in [6.45, 7) is 11.8. The van der Waals surface area contributed by atoms with Gasteiger partial charge in [-0.3, -0.25) is 10.0 Å². The maximum atomic E-state index is 9.86. The molecule has 0 saturated heterocycles. The highest BCUT2D eigenvalue weighted by Gasteiger charge is 2.35. The van der Waals surface area contributed by atoms with Crippen molar-refractivity contribution >= 4 is 23.3 Å². The van der Waals surface area contributed by atoms with Gasteiger partial charge in [0.15, 0.2) is 11.6 Å². The number of benzene rings is 1. The summed E-state index contributed by atoms with van der Waals surface area (Å²) in [5, 5.41) is 17.5. The van der Waals surface area contributed by atoms with Crippen LogP contribution in [0.25, 0.3) is 0 Å². The van der Waals surface area contributed by atoms with Crippen LogP contribution in [0.5, 0.6) is 0 Å². The number of hydrogen-bond acceptors (Lipinski definition) is 8. The highest BCUT2D eigenvalue weighted by atomic mass is 16.3. The zero-order chi connectivity index (χ0) is 21.0. The van der Waals surface area contributed by atoms with Crippen molar-refractivity contribution in [3.8, 4) is 0 Å². The van der Waals surface area contributed by atoms with E-state index in [-0.39, 0.29) is 18.8 Å². The van der Waals surface area contributed by atoms with Gasteiger partial charge in [0.05, 0.1) is 0 Å². The number of hydrogen-bond donors (Lipinski definition) is 3. The monoisotopic (exact) mass is 399 g/mol. The molecule has 3 N–H and O–H groups in total. The molecule has 0 amide bonds. The molecular weight excluding hydrogens is 366 g/mol. The van der Waals surface area contributed by atoms with Gasteiger partial charge in [0, 0.05) is 25.2 Å². The van der Waals surface area contributed by atoms with E-state index >= 15 is 0 Å². The van der Waals surface area contributed by atoms with E-state index in [1.807, 2.05) is 18.2 Å². The topological polar surface area (TPSA) is 79.8 Å². The Kier molecular flexibility index (Phi) is 6.76. The van der Waals surface area contributed by atoms with Crippen LogP contribution in [0.1, 0.15) is 46.6 Å². The van der Waals surface area contributed by atoms with Crippen LogP contribution in [-0.4, -0.2) is 40.4 Å². The van der Waals surface area contributed by atoms with E-state index in [1.165, 1.54) is 5.56 Å². The minimum Gasteiger partial charge on any atom is -0.376 e. The van der Waals surface area contributed by atoms with E-state index in [0.717, 1.165) is 23.7 Å². The average Bonchev–Trinajstić information content (AvgIpc) is 3.11. The molecule has 2 aromatic rings. The molecule has 0 saturated carbocycles. The normalized spacial score (nSPS) is 13.4. The first-order valence-electron chi connectivity index (χ1n) is 10.4. The van der Waals surface area contributed by atoms with Gasteiger partial charge in [-0.05, 0) is 39.7 Å². The molecule has 3 rings (SSSR count). The maximum absolute atomic E-state index is 9.86. The van der Waals surface area contributed by atoms with Crippen LogP contribution < -0.4 is 25.8 Å². The lowest BCUT2D eigenvalue weighted by Gasteiger charge is -2.27. The van der Waals surface area contributed by atoms with Crippen LogP contribution in [0, 0.1) is 0 Å². The molecule has 1 aliphatic heterocycles. The van der Waals surface area contributed by atoms with Crippen molar-refractivity contribution in [1.82, 2.24) is 15.5 Å². The van der Waals surface area contributed by atoms with Crippen LogP contribution in [0.4, 0.5) is 23.3 Å². The summed E-state index contributed by atoms with van der Waals surface area (Å²) < 4.78 is 0. The molecule has 0 bridgehead atoms. The summed E-state index contributed by atoms with van der Waals surface area (Å²) in [6.07, 6.45) is 0.901. The van der Waals surface area contributed by atoms with Gasteiger partial charge in [0.25, 0.3) is 0 Å². The second kappa shape index (κ2) is 9.28. The third kappa shape index (κ3) is 4.54. The number of hydrazine groups is 2. The van der Waals surface area contributed by atoms with Gasteiger partial charge in [-0.15, -0.1) is 5.53 Å². The number of fused-ring (bicyclic) bond motifs is 1. The van der Waals surface area contributed by atoms with Gasteiger partial charge in [0.2, 0.25) is 5.95 Å². The zero-order valence-corrected chi connectivity index (χ0v) is 18.1. The highest BCUT2D eigenvalue weighted by Crippen LogP contribution is 2.40. The van der Waals surface area contributed by atoms with Crippen LogP contribution >= 0.6 is 0 Å². The predicted octanol–water partition coefficient (Wildman–Crippen LogP) is 3.12. The van der Waals surface area contributed by atoms with Crippen molar-refractivity contribution in [1.29, 1.82) is 0 Å². The number of aliphatic hydroxyl groups is 1. The molecule has 8 heteroatoms. The Morgan fingerprint density at radius 2 is 1.76 bits per heavy atom. The number of anilines is 4. The van der Waals surface area contributed by atoms with Crippen molar-refractivity contribution in [3.63, 3.8) is 0 Å². The van der Waals surface area contributed by atoms with Gasteiger partial charge in [-0.1, -0.05) is 37.3 Å². The molecule has 0 radical (unpaired) electrons. The van der Waals surface area contributed by atoms with Crippen molar-refractivity contribution < 1.29 is 5.11 Å². The molecule has 158 valence electrons. The first kappa shape index (κ1) is 21.1. The SMILES string of the molecule is CCCN(CO)c1nc(NCc2ccccc2)c2c(n1)N(C(C)C)NN2C(C)C. The fourth-order valence-electron chi connectivity index (χ4n) is 3.32. The molecule has 1 aromatic heterocycles. The fraction of sp³-hybridized carbons (Fsp3) is 0.524. The number of rotatable bonds is 9. The second-order valence-corrected chi connectivity index (χ2v) is 7.82. The Morgan fingerprint density at radius 1 is 1.07 bits per heavy atom. The second-order valence-electron chi connectivity index (χ2n) is 7.82. The van der Waals surface area contributed by atoms with Crippen molar-refractivity contribution in [2.24, 2.45) is 0 Å². The summed E-state index contributed by atoms with van der Waals surface area (Å²) in [7, 11) is 0. The Bertz CT molecular complexity index is 797. The predicted molar refractivity (Wildman–Crippen MR) is 119 cm³/mol. The summed E-state index contributed by atoms with van der Waals surface area (Å²) in [5.41, 5.74) is 5.56. The van der Waals surface area contributed by atoms with E-state index in [0.29, 0.717) is 19.0 Å². The molecule has 2 heterocycles. The van der Waals surface area contributed by atoms with Gasteiger partial charge >= 0.3 is 0 Å². The quantitative estimate of drug-likeness (QED) is 0.555. The van der Waals surface area contributed by atoms with Crippen LogP contribution in [0.15, 0.2) is 30.3 Å². The van der Waals surface area contributed by atoms with E-state index in [9.17, 15) is 5.11 Å². The van der Waals surface area contributed by atoms with E-state index in [2.05, 4.69) is 67.6 Å². The lowest BCUT2D eigenvalue weighted by Crippen LogP contribution is -2.50. The molecule has 0 atom stereocenters. The first-order valence-corrected chi connectivity index (χ1v) is 10.4. The molecule has 0 unspecified atom stereocenters. The molecule has 1 aliphatic rings. The fourth-order valence-corrected chi connectivity index (χ4v) is 3.32. The standard InChI is InChI=1S/C21H33N7O/c1-6-12-26(14-29)21-23-19(22-13-17-10-8-7-9-11-17)18-20(24-21)28(16(4)5)25-27(18)15(2)3/h7-11,15-16,25,29H,6,12-14H2,1-5H3,(H,22,23,24). The van der Waals surface area contributed by atoms with Crippen molar-refractivity contribution in [2.75, 3.05) is 33.5 Å². The van der Waals surface area contributed by atoms with E-state index < -0.39 is 0 Å². The maximum Gasteiger partial charge on any atom is 0.231 e. The van der Waals surface area contributed by atoms with E-state index in [4.69, 9.17) is 9.97 Å². The third-order valence-corrected chi connectivity index (χ3v) is 4.82. The summed E-state index contributed by atoms with van der Waals surface area (Å²) in [5.74, 6) is 2.11. The zero-order valence-electron chi connectivity index (χ0n) is 18.1. The first-order chi connectivity index (χ1) is 14.0. The Hall–Kier alpha value is -2.58. The lowest BCUT2D eigenvalue weighted by atomic mass is 10.2. The van der Waals surface area contributed by atoms with Gasteiger partial charge < -0.3 is 15.3 Å². The molecule has 0 fully saturated rings. The number of aliphatic hydroxyl groups excluding tert-OH is 1. The van der Waals surface area contributed by atoms with E-state index in [1.54, 1.807) is 4.90 Å². The third-order valence-electron chi connectivity index (χ3n) is 4.82. The largest absolute Gasteiger partial charge is 0.376 e. The molecule has 1 aromatic carbocycles. The van der Waals surface area contributed by atoms with Gasteiger partial charge in [0.1, 0.15) is 12.4 Å². The lowest BCUT2D eigenvalue weighted by molar-refractivity contribution is 0.288. The van der Waals surface area contributed by atoms with Gasteiger partial charge in [-0.2, -0.15) is 9.97 Å². The molecule has 29 heavy (non-hydrogen) atoms. The Labute approximate surface area is 173 Å². The molecule has 0 aliphatic carbocycles. The summed E-state index contributed by atoms with van der Waals surface area (Å²) in [4.78, 5) is 11.4. The van der Waals surface area contributed by atoms with Crippen LogP contribution in [0.3, 0.4) is 0 Å². The smallest absolute Gasteiger partial charge is 0.231 e. The minimum absolute atomic E-state index is 0.117. The summed E-state index contributed by atoms with van der Waals surface area (Å²) >= 11 is 0. The molecule has 0 spiro atoms. The number of nitrogens with one attached hydrogen (secondary N) is 2.